The van der Waals surface area contributed by atoms with Crippen LogP contribution in [-0.2, 0) is 13.9 Å². The summed E-state index contributed by atoms with van der Waals surface area (Å²) in [5, 5.41) is 5.45. The minimum Gasteiger partial charge on any atom is -0.444 e. The van der Waals surface area contributed by atoms with Gasteiger partial charge in [0.2, 0.25) is 0 Å². The first kappa shape index (κ1) is 27.4. The molecule has 0 unspecified atom stereocenters. The zero-order chi connectivity index (χ0) is 25.7. The Kier molecular flexibility index (Phi) is 8.84. The Morgan fingerprint density at radius 2 is 1.46 bits per heavy atom. The van der Waals surface area contributed by atoms with Crippen molar-refractivity contribution < 1.29 is 18.7 Å². The Balaban J connectivity index is 1.57. The first-order valence-electron chi connectivity index (χ1n) is 12.8. The molecule has 6 heteroatoms. The van der Waals surface area contributed by atoms with E-state index in [4.69, 9.17) is 13.9 Å². The molecule has 192 valence electrons. The van der Waals surface area contributed by atoms with Gasteiger partial charge in [0.05, 0.1) is 18.8 Å². The van der Waals surface area contributed by atoms with Crippen molar-refractivity contribution in [1.29, 1.82) is 0 Å². The highest BCUT2D eigenvalue weighted by Gasteiger charge is 2.50. The van der Waals surface area contributed by atoms with Gasteiger partial charge in [-0.1, -0.05) is 81.4 Å². The van der Waals surface area contributed by atoms with Crippen molar-refractivity contribution in [2.24, 2.45) is 5.92 Å². The molecule has 0 radical (unpaired) electrons. The fraction of sp³-hybridized carbons (Fsp3) is 0.552. The van der Waals surface area contributed by atoms with E-state index in [1.807, 2.05) is 27.7 Å². The number of rotatable bonds is 9. The van der Waals surface area contributed by atoms with Gasteiger partial charge in [-0.15, -0.1) is 0 Å². The van der Waals surface area contributed by atoms with Crippen LogP contribution in [0.3, 0.4) is 0 Å². The molecule has 1 aliphatic carbocycles. The third-order valence-electron chi connectivity index (χ3n) is 6.49. The van der Waals surface area contributed by atoms with Crippen molar-refractivity contribution in [3.8, 4) is 0 Å². The molecular weight excluding hydrogens is 454 g/mol. The highest BCUT2D eigenvalue weighted by molar-refractivity contribution is 6.99. The molecule has 35 heavy (non-hydrogen) atoms. The van der Waals surface area contributed by atoms with E-state index < -0.39 is 20.0 Å². The first-order valence-corrected chi connectivity index (χ1v) is 14.7. The van der Waals surface area contributed by atoms with Crippen molar-refractivity contribution in [2.75, 3.05) is 13.2 Å². The molecule has 0 saturated heterocycles. The molecule has 1 N–H and O–H groups in total. The molecule has 5 nitrogen and oxygen atoms in total. The van der Waals surface area contributed by atoms with Crippen LogP contribution >= 0.6 is 0 Å². The number of ether oxygens (including phenoxy) is 2. The van der Waals surface area contributed by atoms with Gasteiger partial charge in [0.1, 0.15) is 5.60 Å². The van der Waals surface area contributed by atoms with Gasteiger partial charge in [0.15, 0.2) is 0 Å². The normalized spacial score (nSPS) is 19.5. The molecular formula is C29H43NO4Si. The maximum Gasteiger partial charge on any atom is 0.407 e. The summed E-state index contributed by atoms with van der Waals surface area (Å²) >= 11 is 0. The monoisotopic (exact) mass is 497 g/mol. The summed E-state index contributed by atoms with van der Waals surface area (Å²) in [5.41, 5.74) is -0.503. The van der Waals surface area contributed by atoms with Crippen LogP contribution in [0.1, 0.15) is 61.3 Å². The van der Waals surface area contributed by atoms with Gasteiger partial charge in [0, 0.05) is 6.61 Å². The Labute approximate surface area is 212 Å². The third-order valence-corrected chi connectivity index (χ3v) is 11.5. The molecule has 0 bridgehead atoms. The Morgan fingerprint density at radius 1 is 0.943 bits per heavy atom. The van der Waals surface area contributed by atoms with Crippen LogP contribution in [0, 0.1) is 5.92 Å². The van der Waals surface area contributed by atoms with E-state index in [2.05, 4.69) is 86.8 Å². The van der Waals surface area contributed by atoms with Crippen LogP contribution in [0.15, 0.2) is 60.7 Å². The number of hydrogen-bond donors (Lipinski definition) is 1. The van der Waals surface area contributed by atoms with Gasteiger partial charge in [-0.05, 0) is 61.9 Å². The lowest BCUT2D eigenvalue weighted by molar-refractivity contribution is -0.0491. The lowest BCUT2D eigenvalue weighted by Crippen LogP contribution is -2.67. The molecule has 2 aromatic rings. The average Bonchev–Trinajstić information content (AvgIpc) is 2.74. The SMILES string of the molecule is C[C@H](COC1CC(CO[Si](c2ccccc2)(c2ccccc2)C(C)(C)C)C1)NC(=O)OC(C)(C)C. The second kappa shape index (κ2) is 11.3. The Bertz CT molecular complexity index is 891. The highest BCUT2D eigenvalue weighted by atomic mass is 28.4. The third kappa shape index (κ3) is 7.18. The van der Waals surface area contributed by atoms with Crippen molar-refractivity contribution in [1.82, 2.24) is 5.32 Å². The van der Waals surface area contributed by atoms with E-state index in [1.165, 1.54) is 10.4 Å². The van der Waals surface area contributed by atoms with Gasteiger partial charge in [-0.25, -0.2) is 4.79 Å². The van der Waals surface area contributed by atoms with Gasteiger partial charge in [-0.2, -0.15) is 0 Å². The molecule has 0 aliphatic heterocycles. The van der Waals surface area contributed by atoms with Gasteiger partial charge in [0.25, 0.3) is 8.32 Å². The number of amides is 1. The van der Waals surface area contributed by atoms with Crippen LogP contribution < -0.4 is 15.7 Å². The van der Waals surface area contributed by atoms with Gasteiger partial charge in [-0.3, -0.25) is 0 Å². The summed E-state index contributed by atoms with van der Waals surface area (Å²) in [6.07, 6.45) is 1.78. The number of benzene rings is 2. The smallest absolute Gasteiger partial charge is 0.407 e. The van der Waals surface area contributed by atoms with E-state index in [-0.39, 0.29) is 17.2 Å². The second-order valence-corrected chi connectivity index (χ2v) is 16.1. The molecule has 1 aliphatic rings. The van der Waals surface area contributed by atoms with Gasteiger partial charge < -0.3 is 19.2 Å². The topological polar surface area (TPSA) is 56.8 Å². The highest BCUT2D eigenvalue weighted by Crippen LogP contribution is 2.39. The summed E-state index contributed by atoms with van der Waals surface area (Å²) in [6, 6.07) is 21.5. The molecule has 0 heterocycles. The maximum atomic E-state index is 11.9. The molecule has 0 aromatic heterocycles. The predicted octanol–water partition coefficient (Wildman–Crippen LogP) is 5.27. The van der Waals surface area contributed by atoms with E-state index in [0.717, 1.165) is 19.4 Å². The second-order valence-electron chi connectivity index (χ2n) is 11.8. The summed E-state index contributed by atoms with van der Waals surface area (Å²) in [5.74, 6) is 0.482. The van der Waals surface area contributed by atoms with Gasteiger partial charge >= 0.3 is 6.09 Å². The molecule has 1 fully saturated rings. The lowest BCUT2D eigenvalue weighted by atomic mass is 9.83. The maximum absolute atomic E-state index is 11.9. The first-order chi connectivity index (χ1) is 16.4. The fourth-order valence-electron chi connectivity index (χ4n) is 4.78. The van der Waals surface area contributed by atoms with Crippen LogP contribution in [0.25, 0.3) is 0 Å². The number of carbonyl (C=O) groups is 1. The minimum absolute atomic E-state index is 0.0158. The van der Waals surface area contributed by atoms with Crippen LogP contribution in [-0.4, -0.2) is 45.4 Å². The number of nitrogens with one attached hydrogen (secondary N) is 1. The lowest BCUT2D eigenvalue weighted by Gasteiger charge is -2.45. The number of alkyl carbamates (subject to hydrolysis) is 1. The summed E-state index contributed by atoms with van der Waals surface area (Å²) < 4.78 is 18.4. The van der Waals surface area contributed by atoms with E-state index in [1.54, 1.807) is 0 Å². The number of carbonyl (C=O) groups excluding carboxylic acids is 1. The molecule has 3 rings (SSSR count). The standard InChI is InChI=1S/C29H43NO4Si/c1-22(30-27(31)34-28(2,3)4)20-32-24-18-23(19-24)21-33-35(29(5,6)7,25-14-10-8-11-15-25)26-16-12-9-13-17-26/h8-17,22-24H,18-21H2,1-7H3,(H,30,31)/t22-,23?,24?/m1/s1. The minimum atomic E-state index is -2.49. The van der Waals surface area contributed by atoms with E-state index >= 15 is 0 Å². The molecule has 1 amide bonds. The number of hydrogen-bond acceptors (Lipinski definition) is 4. The largest absolute Gasteiger partial charge is 0.444 e. The zero-order valence-electron chi connectivity index (χ0n) is 22.5. The summed E-state index contributed by atoms with van der Waals surface area (Å²) in [7, 11) is -2.49. The zero-order valence-corrected chi connectivity index (χ0v) is 23.5. The van der Waals surface area contributed by atoms with E-state index in [0.29, 0.717) is 12.5 Å². The quantitative estimate of drug-likeness (QED) is 0.480. The van der Waals surface area contributed by atoms with Crippen LogP contribution in [0.4, 0.5) is 4.79 Å². The molecule has 2 aromatic carbocycles. The predicted molar refractivity (Wildman–Crippen MR) is 145 cm³/mol. The molecule has 1 saturated carbocycles. The Morgan fingerprint density at radius 3 is 1.91 bits per heavy atom. The molecule has 1 atom stereocenters. The van der Waals surface area contributed by atoms with Crippen molar-refractivity contribution in [2.45, 2.75) is 84.1 Å². The molecule has 0 spiro atoms. The van der Waals surface area contributed by atoms with Crippen LogP contribution in [0.2, 0.25) is 5.04 Å². The average molecular weight is 498 g/mol. The summed E-state index contributed by atoms with van der Waals surface area (Å²) in [4.78, 5) is 11.9. The van der Waals surface area contributed by atoms with Crippen LogP contribution in [0.5, 0.6) is 0 Å². The van der Waals surface area contributed by atoms with Crippen molar-refractivity contribution in [3.05, 3.63) is 60.7 Å². The van der Waals surface area contributed by atoms with Crippen molar-refractivity contribution in [3.63, 3.8) is 0 Å². The van der Waals surface area contributed by atoms with E-state index in [9.17, 15) is 4.79 Å². The summed E-state index contributed by atoms with van der Waals surface area (Å²) in [6.45, 7) is 15.7. The Hall–Kier alpha value is -2.15. The van der Waals surface area contributed by atoms with Crippen molar-refractivity contribution >= 4 is 24.8 Å². The fourth-order valence-corrected chi connectivity index (χ4v) is 9.42.